The molecule has 0 amide bonds. The zero-order valence-corrected chi connectivity index (χ0v) is 16.2. The molecule has 0 saturated heterocycles. The Morgan fingerprint density at radius 1 is 1.13 bits per heavy atom. The van der Waals surface area contributed by atoms with Crippen molar-refractivity contribution in [3.63, 3.8) is 0 Å². The summed E-state index contributed by atoms with van der Waals surface area (Å²) in [7, 11) is 0. The van der Waals surface area contributed by atoms with Gasteiger partial charge in [-0.1, -0.05) is 0 Å². The number of hydrogen-bond acceptors (Lipinski definition) is 4. The van der Waals surface area contributed by atoms with Crippen LogP contribution in [-0.4, -0.2) is 17.5 Å². The summed E-state index contributed by atoms with van der Waals surface area (Å²) in [6.07, 6.45) is 1.26. The first kappa shape index (κ1) is 18.4. The van der Waals surface area contributed by atoms with Crippen molar-refractivity contribution in [3.05, 3.63) is 0 Å². The second-order valence-corrected chi connectivity index (χ2v) is 4.17. The van der Waals surface area contributed by atoms with Crippen LogP contribution in [0.2, 0.25) is 0 Å². The standard InChI is InChI=1S/C10H18O4.Cs/c1-10(2,3)14-9(13)7-5-4-6-8(11)12;/h4-7H2,1-3H3,(H,11,12);/q;+1/p-1. The molecule has 82 valence electrons. The van der Waals surface area contributed by atoms with E-state index < -0.39 is 11.6 Å². The van der Waals surface area contributed by atoms with Crippen molar-refractivity contribution >= 4 is 11.9 Å². The van der Waals surface area contributed by atoms with Crippen molar-refractivity contribution in [2.24, 2.45) is 0 Å². The van der Waals surface area contributed by atoms with Crippen LogP contribution < -0.4 is 74.0 Å². The minimum absolute atomic E-state index is 0. The van der Waals surface area contributed by atoms with E-state index in [-0.39, 0.29) is 87.7 Å². The maximum absolute atomic E-state index is 11.1. The number of esters is 1. The van der Waals surface area contributed by atoms with E-state index in [1.54, 1.807) is 20.8 Å². The van der Waals surface area contributed by atoms with E-state index in [1.165, 1.54) is 0 Å². The van der Waals surface area contributed by atoms with E-state index >= 15 is 0 Å². The van der Waals surface area contributed by atoms with Crippen LogP contribution in [0.4, 0.5) is 0 Å². The monoisotopic (exact) mass is 334 g/mol. The summed E-state index contributed by atoms with van der Waals surface area (Å²) < 4.78 is 5.04. The zero-order chi connectivity index (χ0) is 11.2. The number of carboxylic acids is 1. The summed E-state index contributed by atoms with van der Waals surface area (Å²) in [5, 5.41) is 10.0. The third-order valence-corrected chi connectivity index (χ3v) is 1.43. The molecule has 0 spiro atoms. The quantitative estimate of drug-likeness (QED) is 0.417. The van der Waals surface area contributed by atoms with E-state index in [0.717, 1.165) is 0 Å². The van der Waals surface area contributed by atoms with Crippen LogP contribution in [0.15, 0.2) is 0 Å². The van der Waals surface area contributed by atoms with Crippen molar-refractivity contribution in [2.45, 2.75) is 52.1 Å². The van der Waals surface area contributed by atoms with Crippen LogP contribution in [0.1, 0.15) is 46.5 Å². The van der Waals surface area contributed by atoms with Crippen LogP contribution >= 0.6 is 0 Å². The third kappa shape index (κ3) is 15.0. The second kappa shape index (κ2) is 9.07. The number of carbonyl (C=O) groups excluding carboxylic acids is 2. The summed E-state index contributed by atoms with van der Waals surface area (Å²) in [6, 6.07) is 0. The van der Waals surface area contributed by atoms with Crippen molar-refractivity contribution in [1.29, 1.82) is 0 Å². The number of aliphatic carboxylic acids is 1. The summed E-state index contributed by atoms with van der Waals surface area (Å²) in [5.41, 5.74) is -0.467. The number of rotatable bonds is 5. The molecule has 0 aromatic carbocycles. The fraction of sp³-hybridized carbons (Fsp3) is 0.800. The predicted molar refractivity (Wildman–Crippen MR) is 49.3 cm³/mol. The average Bonchev–Trinajstić information content (AvgIpc) is 1.94. The van der Waals surface area contributed by atoms with Gasteiger partial charge in [0.15, 0.2) is 0 Å². The molecule has 4 nitrogen and oxygen atoms in total. The fourth-order valence-electron chi connectivity index (χ4n) is 0.931. The molecule has 0 aliphatic heterocycles. The molecule has 0 atom stereocenters. The largest absolute Gasteiger partial charge is 1.00 e. The van der Waals surface area contributed by atoms with Crippen LogP contribution in [0.3, 0.4) is 0 Å². The fourth-order valence-corrected chi connectivity index (χ4v) is 0.931. The third-order valence-electron chi connectivity index (χ3n) is 1.43. The van der Waals surface area contributed by atoms with Crippen molar-refractivity contribution in [1.82, 2.24) is 0 Å². The number of carbonyl (C=O) groups is 2. The Balaban J connectivity index is 0. The summed E-state index contributed by atoms with van der Waals surface area (Å²) in [4.78, 5) is 21.2. The van der Waals surface area contributed by atoms with Gasteiger partial charge in [-0.2, -0.15) is 0 Å². The Hall–Kier alpha value is 0.992. The number of ether oxygens (including phenoxy) is 1. The Morgan fingerprint density at radius 2 is 1.60 bits per heavy atom. The first-order valence-corrected chi connectivity index (χ1v) is 4.73. The van der Waals surface area contributed by atoms with Gasteiger partial charge in [0.2, 0.25) is 0 Å². The molecule has 0 fully saturated rings. The van der Waals surface area contributed by atoms with Gasteiger partial charge < -0.3 is 14.6 Å². The van der Waals surface area contributed by atoms with Gasteiger partial charge in [-0.3, -0.25) is 4.79 Å². The van der Waals surface area contributed by atoms with Crippen molar-refractivity contribution in [3.8, 4) is 0 Å². The molecule has 15 heavy (non-hydrogen) atoms. The first-order valence-electron chi connectivity index (χ1n) is 4.73. The number of unbranched alkanes of at least 4 members (excludes halogenated alkanes) is 1. The summed E-state index contributed by atoms with van der Waals surface area (Å²) >= 11 is 0. The van der Waals surface area contributed by atoms with E-state index in [0.29, 0.717) is 12.8 Å². The van der Waals surface area contributed by atoms with E-state index in [1.807, 2.05) is 0 Å². The maximum atomic E-state index is 11.1. The molecule has 0 heterocycles. The van der Waals surface area contributed by atoms with Crippen LogP contribution in [0.5, 0.6) is 0 Å². The van der Waals surface area contributed by atoms with Crippen molar-refractivity contribution in [2.75, 3.05) is 0 Å². The molecular weight excluding hydrogens is 317 g/mol. The van der Waals surface area contributed by atoms with E-state index in [4.69, 9.17) is 4.74 Å². The van der Waals surface area contributed by atoms with Crippen molar-refractivity contribution < 1.29 is 88.3 Å². The Morgan fingerprint density at radius 3 is 2.00 bits per heavy atom. The molecule has 0 bridgehead atoms. The topological polar surface area (TPSA) is 66.4 Å². The number of hydrogen-bond donors (Lipinski definition) is 0. The van der Waals surface area contributed by atoms with Crippen LogP contribution in [0, 0.1) is 0 Å². The van der Waals surface area contributed by atoms with E-state index in [9.17, 15) is 14.7 Å². The van der Waals surface area contributed by atoms with Gasteiger partial charge in [-0.25, -0.2) is 0 Å². The normalized spacial score (nSPS) is 10.3. The van der Waals surface area contributed by atoms with E-state index in [2.05, 4.69) is 0 Å². The maximum Gasteiger partial charge on any atom is 1.00 e. The molecular formula is C10H17CsO4. The molecule has 0 aromatic heterocycles. The molecule has 0 unspecified atom stereocenters. The molecule has 0 aliphatic rings. The summed E-state index contributed by atoms with van der Waals surface area (Å²) in [6.45, 7) is 5.39. The van der Waals surface area contributed by atoms with Gasteiger partial charge in [0, 0.05) is 12.4 Å². The molecule has 0 rings (SSSR count). The molecule has 0 aliphatic carbocycles. The minimum atomic E-state index is -1.07. The molecule has 0 N–H and O–H groups in total. The van der Waals surface area contributed by atoms with Crippen LogP contribution in [0.25, 0.3) is 0 Å². The molecule has 0 saturated carbocycles. The zero-order valence-electron chi connectivity index (χ0n) is 9.96. The second-order valence-electron chi connectivity index (χ2n) is 4.17. The van der Waals surface area contributed by atoms with Gasteiger partial charge in [0.05, 0.1) is 0 Å². The molecule has 5 heteroatoms. The number of carboxylic acid groups (broad SMARTS) is 1. The van der Waals surface area contributed by atoms with Gasteiger partial charge in [0.25, 0.3) is 0 Å². The SMILES string of the molecule is CC(C)(C)OC(=O)CCCCC(=O)[O-].[Cs+]. The Bertz CT molecular complexity index is 208. The van der Waals surface area contributed by atoms with Gasteiger partial charge in [0.1, 0.15) is 5.60 Å². The first-order chi connectivity index (χ1) is 6.31. The minimum Gasteiger partial charge on any atom is -0.550 e. The smallest absolute Gasteiger partial charge is 0.550 e. The summed E-state index contributed by atoms with van der Waals surface area (Å²) in [5.74, 6) is -1.36. The van der Waals surface area contributed by atoms with Gasteiger partial charge in [-0.15, -0.1) is 0 Å². The predicted octanol–water partition coefficient (Wildman–Crippen LogP) is -2.36. The van der Waals surface area contributed by atoms with Gasteiger partial charge in [-0.05, 0) is 40.0 Å². The Kier molecular flexibility index (Phi) is 11.1. The molecule has 0 radical (unpaired) electrons. The average molecular weight is 334 g/mol. The Labute approximate surface area is 150 Å². The van der Waals surface area contributed by atoms with Gasteiger partial charge >= 0.3 is 74.9 Å². The molecule has 0 aromatic rings. The van der Waals surface area contributed by atoms with Crippen LogP contribution in [-0.2, 0) is 14.3 Å².